The van der Waals surface area contributed by atoms with E-state index in [9.17, 15) is 4.79 Å². The molecule has 0 atom stereocenters. The van der Waals surface area contributed by atoms with Crippen LogP contribution in [-0.4, -0.2) is 15.1 Å². The van der Waals surface area contributed by atoms with Crippen molar-refractivity contribution in [1.29, 1.82) is 0 Å². The van der Waals surface area contributed by atoms with Crippen LogP contribution in [0.4, 0.5) is 5.69 Å². The van der Waals surface area contributed by atoms with Crippen molar-refractivity contribution in [3.63, 3.8) is 0 Å². The molecule has 1 N–H and O–H groups in total. The molecule has 4 rings (SSSR count). The van der Waals surface area contributed by atoms with Crippen molar-refractivity contribution in [3.05, 3.63) is 99.2 Å². The van der Waals surface area contributed by atoms with E-state index >= 15 is 0 Å². The van der Waals surface area contributed by atoms with Crippen LogP contribution >= 0.6 is 11.6 Å². The number of fused-ring (bicyclic) bond motifs is 1. The molecule has 0 spiro atoms. The SMILES string of the molecule is Cc1cc(=O)n(-c2ccc(NC(C)(C)Cc3ccc4ccccc4c3)c(Cl)c2)c(C)n1. The van der Waals surface area contributed by atoms with E-state index in [0.717, 1.165) is 12.1 Å². The van der Waals surface area contributed by atoms with Gasteiger partial charge in [0.05, 0.1) is 16.4 Å². The Morgan fingerprint density at radius 2 is 1.71 bits per heavy atom. The highest BCUT2D eigenvalue weighted by Gasteiger charge is 2.20. The van der Waals surface area contributed by atoms with Gasteiger partial charge in [-0.05, 0) is 68.7 Å². The molecular weight excluding hydrogens is 406 g/mol. The van der Waals surface area contributed by atoms with Gasteiger partial charge in [0.2, 0.25) is 0 Å². The Balaban J connectivity index is 1.57. The third kappa shape index (κ3) is 4.64. The summed E-state index contributed by atoms with van der Waals surface area (Å²) in [6.07, 6.45) is 0.844. The molecule has 0 amide bonds. The fourth-order valence-corrected chi connectivity index (χ4v) is 4.29. The number of hydrogen-bond acceptors (Lipinski definition) is 3. The molecule has 0 aliphatic rings. The van der Waals surface area contributed by atoms with E-state index in [0.29, 0.717) is 22.2 Å². The number of anilines is 1. The van der Waals surface area contributed by atoms with E-state index in [-0.39, 0.29) is 11.1 Å². The molecule has 4 nitrogen and oxygen atoms in total. The molecule has 0 unspecified atom stereocenters. The van der Waals surface area contributed by atoms with Crippen molar-refractivity contribution in [3.8, 4) is 5.69 Å². The van der Waals surface area contributed by atoms with Crippen LogP contribution in [0.5, 0.6) is 0 Å². The van der Waals surface area contributed by atoms with Crippen LogP contribution in [0.1, 0.15) is 30.9 Å². The van der Waals surface area contributed by atoms with Gasteiger partial charge in [0.25, 0.3) is 5.56 Å². The first-order chi connectivity index (χ1) is 14.7. The van der Waals surface area contributed by atoms with Crippen LogP contribution in [0, 0.1) is 13.8 Å². The zero-order valence-corrected chi connectivity index (χ0v) is 19.0. The normalized spacial score (nSPS) is 11.6. The highest BCUT2D eigenvalue weighted by molar-refractivity contribution is 6.33. The maximum absolute atomic E-state index is 12.4. The highest BCUT2D eigenvalue weighted by atomic mass is 35.5. The first kappa shape index (κ1) is 21.1. The van der Waals surface area contributed by atoms with E-state index in [2.05, 4.69) is 66.6 Å². The lowest BCUT2D eigenvalue weighted by atomic mass is 9.93. The van der Waals surface area contributed by atoms with Gasteiger partial charge in [-0.3, -0.25) is 9.36 Å². The smallest absolute Gasteiger partial charge is 0.258 e. The zero-order valence-electron chi connectivity index (χ0n) is 18.2. The summed E-state index contributed by atoms with van der Waals surface area (Å²) in [5, 5.41) is 6.61. The number of aryl methyl sites for hydroxylation is 2. The summed E-state index contributed by atoms with van der Waals surface area (Å²) in [6, 6.07) is 22.1. The second-order valence-corrected chi connectivity index (χ2v) is 9.06. The molecule has 0 aliphatic carbocycles. The summed E-state index contributed by atoms with van der Waals surface area (Å²) in [5.74, 6) is 0.637. The quantitative estimate of drug-likeness (QED) is 0.416. The molecule has 4 aromatic rings. The summed E-state index contributed by atoms with van der Waals surface area (Å²) < 4.78 is 1.57. The van der Waals surface area contributed by atoms with E-state index in [1.54, 1.807) is 10.6 Å². The third-order valence-electron chi connectivity index (χ3n) is 5.36. The van der Waals surface area contributed by atoms with Crippen molar-refractivity contribution in [2.45, 2.75) is 39.7 Å². The Labute approximate surface area is 187 Å². The molecule has 3 aromatic carbocycles. The Morgan fingerprint density at radius 1 is 0.968 bits per heavy atom. The lowest BCUT2D eigenvalue weighted by Gasteiger charge is -2.29. The maximum Gasteiger partial charge on any atom is 0.258 e. The fourth-order valence-electron chi connectivity index (χ4n) is 4.07. The van der Waals surface area contributed by atoms with Gasteiger partial charge in [0.1, 0.15) is 5.82 Å². The predicted octanol–water partition coefficient (Wildman–Crippen LogP) is 6.09. The average Bonchev–Trinajstić information content (AvgIpc) is 2.69. The third-order valence-corrected chi connectivity index (χ3v) is 5.67. The number of aromatic nitrogens is 2. The topological polar surface area (TPSA) is 46.9 Å². The Kier molecular flexibility index (Phi) is 5.59. The summed E-state index contributed by atoms with van der Waals surface area (Å²) in [7, 11) is 0. The van der Waals surface area contributed by atoms with Crippen LogP contribution in [0.2, 0.25) is 5.02 Å². The average molecular weight is 432 g/mol. The van der Waals surface area contributed by atoms with Gasteiger partial charge >= 0.3 is 0 Å². The molecule has 31 heavy (non-hydrogen) atoms. The molecule has 5 heteroatoms. The van der Waals surface area contributed by atoms with Crippen molar-refractivity contribution >= 4 is 28.1 Å². The standard InChI is InChI=1S/C26H26ClN3O/c1-17-13-25(31)30(18(2)28-17)22-11-12-24(23(27)15-22)29-26(3,4)16-19-9-10-20-7-5-6-8-21(20)14-19/h5-15,29H,16H2,1-4H3. The second-order valence-electron chi connectivity index (χ2n) is 8.65. The minimum absolute atomic E-state index is 0.113. The lowest BCUT2D eigenvalue weighted by Crippen LogP contribution is -2.33. The Morgan fingerprint density at radius 3 is 2.42 bits per heavy atom. The molecular formula is C26H26ClN3O. The largest absolute Gasteiger partial charge is 0.379 e. The van der Waals surface area contributed by atoms with Crippen LogP contribution in [0.15, 0.2) is 71.5 Å². The molecule has 1 aromatic heterocycles. The molecule has 0 saturated heterocycles. The molecule has 1 heterocycles. The van der Waals surface area contributed by atoms with Gasteiger partial charge < -0.3 is 5.32 Å². The zero-order chi connectivity index (χ0) is 22.2. The van der Waals surface area contributed by atoms with E-state index in [1.165, 1.54) is 22.4 Å². The summed E-state index contributed by atoms with van der Waals surface area (Å²) in [6.45, 7) is 7.95. The lowest BCUT2D eigenvalue weighted by molar-refractivity contribution is 0.564. The minimum Gasteiger partial charge on any atom is -0.379 e. The van der Waals surface area contributed by atoms with Crippen molar-refractivity contribution in [2.75, 3.05) is 5.32 Å². The van der Waals surface area contributed by atoms with Crippen LogP contribution < -0.4 is 10.9 Å². The molecule has 0 radical (unpaired) electrons. The predicted molar refractivity (Wildman–Crippen MR) is 130 cm³/mol. The highest BCUT2D eigenvalue weighted by Crippen LogP contribution is 2.29. The van der Waals surface area contributed by atoms with Crippen molar-refractivity contribution < 1.29 is 0 Å². The van der Waals surface area contributed by atoms with Gasteiger partial charge in [-0.1, -0.05) is 54.1 Å². The molecule has 0 aliphatic heterocycles. The number of halogens is 1. The van der Waals surface area contributed by atoms with Crippen LogP contribution in [0.3, 0.4) is 0 Å². The van der Waals surface area contributed by atoms with Gasteiger partial charge in [0.15, 0.2) is 0 Å². The molecule has 158 valence electrons. The van der Waals surface area contributed by atoms with Gasteiger partial charge in [-0.25, -0.2) is 4.98 Å². The number of benzene rings is 3. The van der Waals surface area contributed by atoms with Gasteiger partial charge in [0, 0.05) is 17.3 Å². The number of rotatable bonds is 5. The Hall–Kier alpha value is -3.11. The van der Waals surface area contributed by atoms with Gasteiger partial charge in [-0.2, -0.15) is 0 Å². The van der Waals surface area contributed by atoms with E-state index < -0.39 is 0 Å². The van der Waals surface area contributed by atoms with Crippen molar-refractivity contribution in [1.82, 2.24) is 9.55 Å². The van der Waals surface area contributed by atoms with Crippen LogP contribution in [-0.2, 0) is 6.42 Å². The monoisotopic (exact) mass is 431 g/mol. The fraction of sp³-hybridized carbons (Fsp3) is 0.231. The number of nitrogens with one attached hydrogen (secondary N) is 1. The maximum atomic E-state index is 12.4. The molecule has 0 fully saturated rings. The Bertz CT molecular complexity index is 1320. The second kappa shape index (κ2) is 8.20. The number of hydrogen-bond donors (Lipinski definition) is 1. The van der Waals surface area contributed by atoms with Crippen LogP contribution in [0.25, 0.3) is 16.5 Å². The minimum atomic E-state index is -0.216. The summed E-state index contributed by atoms with van der Waals surface area (Å²) in [5.41, 5.74) is 3.18. The van der Waals surface area contributed by atoms with Gasteiger partial charge in [-0.15, -0.1) is 0 Å². The van der Waals surface area contributed by atoms with E-state index in [1.807, 2.05) is 26.0 Å². The molecule has 0 saturated carbocycles. The van der Waals surface area contributed by atoms with E-state index in [4.69, 9.17) is 11.6 Å². The number of nitrogens with zero attached hydrogens (tertiary/aromatic N) is 2. The first-order valence-electron chi connectivity index (χ1n) is 10.3. The summed E-state index contributed by atoms with van der Waals surface area (Å²) in [4.78, 5) is 16.8. The molecule has 0 bridgehead atoms. The van der Waals surface area contributed by atoms with Crippen molar-refractivity contribution in [2.24, 2.45) is 0 Å². The summed E-state index contributed by atoms with van der Waals surface area (Å²) >= 11 is 6.60. The first-order valence-corrected chi connectivity index (χ1v) is 10.7.